The van der Waals surface area contributed by atoms with Crippen LogP contribution in [0, 0.1) is 0 Å². The number of nitrogens with zero attached hydrogens (tertiary/aromatic N) is 2. The van der Waals surface area contributed by atoms with Gasteiger partial charge in [0.05, 0.1) is 12.2 Å². The van der Waals surface area contributed by atoms with Crippen molar-refractivity contribution in [2.75, 3.05) is 20.6 Å². The van der Waals surface area contributed by atoms with Crippen LogP contribution in [0.1, 0.15) is 12.1 Å². The molecule has 0 aliphatic rings. The lowest BCUT2D eigenvalue weighted by Gasteiger charge is -2.16. The highest BCUT2D eigenvalue weighted by Gasteiger charge is 2.08. The van der Waals surface area contributed by atoms with Crippen LogP contribution in [0.3, 0.4) is 0 Å². The average molecular weight is 207 g/mol. The summed E-state index contributed by atoms with van der Waals surface area (Å²) in [4.78, 5) is 17.4. The summed E-state index contributed by atoms with van der Waals surface area (Å²) in [5.74, 6) is 0.134. The number of amides is 1. The molecule has 0 saturated heterocycles. The highest BCUT2D eigenvalue weighted by molar-refractivity contribution is 5.75. The third-order valence-electron chi connectivity index (χ3n) is 2.14. The van der Waals surface area contributed by atoms with Crippen molar-refractivity contribution in [3.05, 3.63) is 30.1 Å². The largest absolute Gasteiger partial charge is 0.340 e. The van der Waals surface area contributed by atoms with Crippen molar-refractivity contribution in [1.29, 1.82) is 0 Å². The highest BCUT2D eigenvalue weighted by Crippen LogP contribution is 2.00. The van der Waals surface area contributed by atoms with Crippen molar-refractivity contribution in [2.24, 2.45) is 0 Å². The van der Waals surface area contributed by atoms with E-state index < -0.39 is 0 Å². The Bertz CT molecular complexity index is 300. The summed E-state index contributed by atoms with van der Waals surface area (Å²) in [5, 5.41) is 2.95. The lowest BCUT2D eigenvalue weighted by atomic mass is 10.3. The van der Waals surface area contributed by atoms with Crippen LogP contribution in [0.2, 0.25) is 0 Å². The maximum absolute atomic E-state index is 11.6. The minimum Gasteiger partial charge on any atom is -0.340 e. The predicted molar refractivity (Wildman–Crippen MR) is 59.3 cm³/mol. The summed E-state index contributed by atoms with van der Waals surface area (Å²) in [6.07, 6.45) is 2.26. The van der Waals surface area contributed by atoms with Crippen molar-refractivity contribution in [3.8, 4) is 0 Å². The number of nitrogens with one attached hydrogen (secondary N) is 1. The summed E-state index contributed by atoms with van der Waals surface area (Å²) in [6, 6.07) is 5.71. The van der Waals surface area contributed by atoms with E-state index >= 15 is 0 Å². The molecule has 0 atom stereocenters. The molecule has 1 N–H and O–H groups in total. The number of carbonyl (C=O) groups excluding carboxylic acids is 1. The Balaban J connectivity index is 2.41. The number of rotatable bonds is 5. The van der Waals surface area contributed by atoms with Crippen LogP contribution >= 0.6 is 0 Å². The van der Waals surface area contributed by atoms with Gasteiger partial charge < -0.3 is 10.2 Å². The molecule has 0 spiro atoms. The topological polar surface area (TPSA) is 45.2 Å². The van der Waals surface area contributed by atoms with Gasteiger partial charge >= 0.3 is 0 Å². The lowest BCUT2D eigenvalue weighted by Crippen LogP contribution is -2.28. The van der Waals surface area contributed by atoms with Crippen LogP contribution in [-0.4, -0.2) is 36.4 Å². The van der Waals surface area contributed by atoms with E-state index in [0.717, 1.165) is 5.69 Å². The molecule has 4 nitrogen and oxygen atoms in total. The van der Waals surface area contributed by atoms with Gasteiger partial charge in [-0.05, 0) is 19.2 Å². The van der Waals surface area contributed by atoms with Crippen LogP contribution in [0.5, 0.6) is 0 Å². The van der Waals surface area contributed by atoms with Gasteiger partial charge in [-0.2, -0.15) is 0 Å². The Morgan fingerprint density at radius 3 is 2.93 bits per heavy atom. The van der Waals surface area contributed by atoms with Crippen LogP contribution in [-0.2, 0) is 11.3 Å². The first-order valence-electron chi connectivity index (χ1n) is 5.02. The summed E-state index contributed by atoms with van der Waals surface area (Å²) in [5.41, 5.74) is 0.915. The molecule has 1 aromatic heterocycles. The van der Waals surface area contributed by atoms with Gasteiger partial charge in [0.15, 0.2) is 0 Å². The first-order chi connectivity index (χ1) is 7.24. The Kier molecular flexibility index (Phi) is 4.77. The zero-order chi connectivity index (χ0) is 11.1. The molecule has 0 bridgehead atoms. The molecule has 0 radical (unpaired) electrons. The van der Waals surface area contributed by atoms with E-state index in [1.807, 2.05) is 25.2 Å². The van der Waals surface area contributed by atoms with Crippen molar-refractivity contribution in [3.63, 3.8) is 0 Å². The maximum Gasteiger partial charge on any atom is 0.223 e. The molecule has 1 amide bonds. The number of aromatic nitrogens is 1. The normalized spacial score (nSPS) is 10.0. The van der Waals surface area contributed by atoms with Crippen LogP contribution in [0.25, 0.3) is 0 Å². The monoisotopic (exact) mass is 207 g/mol. The molecule has 0 fully saturated rings. The van der Waals surface area contributed by atoms with Crippen LogP contribution in [0.4, 0.5) is 0 Å². The summed E-state index contributed by atoms with van der Waals surface area (Å²) < 4.78 is 0. The fraction of sp³-hybridized carbons (Fsp3) is 0.455. The van der Waals surface area contributed by atoms with Gasteiger partial charge in [0.1, 0.15) is 0 Å². The second-order valence-corrected chi connectivity index (χ2v) is 3.42. The Hall–Kier alpha value is -1.42. The molecule has 0 aliphatic carbocycles. The zero-order valence-corrected chi connectivity index (χ0v) is 9.23. The first-order valence-corrected chi connectivity index (χ1v) is 5.02. The third kappa shape index (κ3) is 4.08. The molecule has 1 aromatic rings. The van der Waals surface area contributed by atoms with Crippen molar-refractivity contribution < 1.29 is 4.79 Å². The molecule has 0 aromatic carbocycles. The van der Waals surface area contributed by atoms with E-state index in [1.54, 1.807) is 18.1 Å². The quantitative estimate of drug-likeness (QED) is 0.771. The van der Waals surface area contributed by atoms with Gasteiger partial charge in [0.2, 0.25) is 5.91 Å². The molecule has 0 aliphatic heterocycles. The van der Waals surface area contributed by atoms with E-state index in [0.29, 0.717) is 19.5 Å². The minimum absolute atomic E-state index is 0.134. The Morgan fingerprint density at radius 2 is 2.33 bits per heavy atom. The van der Waals surface area contributed by atoms with Crippen LogP contribution < -0.4 is 5.32 Å². The third-order valence-corrected chi connectivity index (χ3v) is 2.14. The van der Waals surface area contributed by atoms with Gasteiger partial charge in [-0.3, -0.25) is 9.78 Å². The van der Waals surface area contributed by atoms with E-state index in [4.69, 9.17) is 0 Å². The standard InChI is InChI=1S/C11H17N3O/c1-12-8-6-11(15)14(2)9-10-5-3-4-7-13-10/h3-5,7,12H,6,8-9H2,1-2H3. The number of hydrogen-bond acceptors (Lipinski definition) is 3. The molecule has 0 saturated carbocycles. The molecule has 4 heteroatoms. The van der Waals surface area contributed by atoms with Gasteiger partial charge in [-0.15, -0.1) is 0 Å². The predicted octanol–water partition coefficient (Wildman–Crippen LogP) is 0.649. The first kappa shape index (κ1) is 11.7. The second kappa shape index (κ2) is 6.14. The fourth-order valence-electron chi connectivity index (χ4n) is 1.25. The fourth-order valence-corrected chi connectivity index (χ4v) is 1.25. The molecular weight excluding hydrogens is 190 g/mol. The molecule has 15 heavy (non-hydrogen) atoms. The number of carbonyl (C=O) groups is 1. The lowest BCUT2D eigenvalue weighted by molar-refractivity contribution is -0.130. The number of pyridine rings is 1. The van der Waals surface area contributed by atoms with E-state index in [9.17, 15) is 4.79 Å². The highest BCUT2D eigenvalue weighted by atomic mass is 16.2. The molecule has 0 unspecified atom stereocenters. The van der Waals surface area contributed by atoms with E-state index in [2.05, 4.69) is 10.3 Å². The minimum atomic E-state index is 0.134. The van der Waals surface area contributed by atoms with Gasteiger partial charge in [0.25, 0.3) is 0 Å². The Labute approximate surface area is 90.3 Å². The van der Waals surface area contributed by atoms with Gasteiger partial charge in [-0.25, -0.2) is 0 Å². The van der Waals surface area contributed by atoms with Crippen molar-refractivity contribution in [2.45, 2.75) is 13.0 Å². The average Bonchev–Trinajstić information content (AvgIpc) is 2.27. The molecular formula is C11H17N3O. The SMILES string of the molecule is CNCCC(=O)N(C)Cc1ccccn1. The molecule has 82 valence electrons. The van der Waals surface area contributed by atoms with Crippen LogP contribution in [0.15, 0.2) is 24.4 Å². The number of hydrogen-bond donors (Lipinski definition) is 1. The summed E-state index contributed by atoms with van der Waals surface area (Å²) in [6.45, 7) is 1.29. The smallest absolute Gasteiger partial charge is 0.223 e. The maximum atomic E-state index is 11.6. The zero-order valence-electron chi connectivity index (χ0n) is 9.23. The van der Waals surface area contributed by atoms with E-state index in [1.165, 1.54) is 0 Å². The van der Waals surface area contributed by atoms with Crippen molar-refractivity contribution >= 4 is 5.91 Å². The molecule has 1 rings (SSSR count). The summed E-state index contributed by atoms with van der Waals surface area (Å²) >= 11 is 0. The van der Waals surface area contributed by atoms with Crippen molar-refractivity contribution in [1.82, 2.24) is 15.2 Å². The second-order valence-electron chi connectivity index (χ2n) is 3.42. The Morgan fingerprint density at radius 1 is 1.53 bits per heavy atom. The van der Waals surface area contributed by atoms with Gasteiger partial charge in [-0.1, -0.05) is 6.07 Å². The van der Waals surface area contributed by atoms with E-state index in [-0.39, 0.29) is 5.91 Å². The summed E-state index contributed by atoms with van der Waals surface area (Å²) in [7, 11) is 3.64. The molecule has 1 heterocycles. The van der Waals surface area contributed by atoms with Gasteiger partial charge in [0, 0.05) is 26.2 Å².